The normalized spacial score (nSPS) is 19.1. The quantitative estimate of drug-likeness (QED) is 0.279. The summed E-state index contributed by atoms with van der Waals surface area (Å²) in [5.74, 6) is 2.47. The van der Waals surface area contributed by atoms with Gasteiger partial charge in [0, 0.05) is 37.4 Å². The van der Waals surface area contributed by atoms with Gasteiger partial charge >= 0.3 is 0 Å². The number of aromatic nitrogens is 2. The van der Waals surface area contributed by atoms with Crippen LogP contribution in [0.4, 0.5) is 0 Å². The van der Waals surface area contributed by atoms with Gasteiger partial charge in [-0.2, -0.15) is 0 Å². The molecule has 4 rings (SSSR count). The van der Waals surface area contributed by atoms with E-state index in [-0.39, 0.29) is 24.0 Å². The molecule has 1 fully saturated rings. The van der Waals surface area contributed by atoms with E-state index in [1.165, 1.54) is 16.0 Å². The number of nitrogens with zero attached hydrogens (tertiary/aromatic N) is 4. The standard InChI is InChI=1S/C23H29N5OS.HI/c1-17-8-10-27(14-22(17)28-11-9-25-16-28)23(24-2)26-13-21-12-19(15-30-21)18-4-6-20(29-3)7-5-18;/h4-7,9,11-12,15-17,22H,8,10,13-14H2,1-3H3,(H,24,26);1H. The van der Waals surface area contributed by atoms with Crippen molar-refractivity contribution in [3.8, 4) is 16.9 Å². The molecule has 2 atom stereocenters. The third-order valence-electron chi connectivity index (χ3n) is 5.84. The van der Waals surface area contributed by atoms with Crippen LogP contribution in [0.15, 0.2) is 59.4 Å². The van der Waals surface area contributed by atoms with Crippen molar-refractivity contribution >= 4 is 41.3 Å². The summed E-state index contributed by atoms with van der Waals surface area (Å²) in [6.45, 7) is 5.06. The average molecular weight is 551 g/mol. The number of guanidine groups is 1. The van der Waals surface area contributed by atoms with Crippen LogP contribution in [0.2, 0.25) is 0 Å². The van der Waals surface area contributed by atoms with Crippen molar-refractivity contribution in [2.75, 3.05) is 27.2 Å². The Kier molecular flexibility index (Phi) is 8.36. The minimum absolute atomic E-state index is 0. The minimum Gasteiger partial charge on any atom is -0.497 e. The molecular weight excluding hydrogens is 521 g/mol. The van der Waals surface area contributed by atoms with Gasteiger partial charge in [-0.05, 0) is 47.0 Å². The number of methoxy groups -OCH3 is 1. The van der Waals surface area contributed by atoms with Crippen molar-refractivity contribution < 1.29 is 4.74 Å². The summed E-state index contributed by atoms with van der Waals surface area (Å²) in [5.41, 5.74) is 2.44. The number of benzene rings is 1. The van der Waals surface area contributed by atoms with E-state index in [1.807, 2.05) is 31.7 Å². The zero-order chi connectivity index (χ0) is 20.9. The fourth-order valence-corrected chi connectivity index (χ4v) is 4.83. The first-order valence-electron chi connectivity index (χ1n) is 10.3. The number of nitrogens with one attached hydrogen (secondary N) is 1. The molecule has 0 aliphatic carbocycles. The van der Waals surface area contributed by atoms with Crippen molar-refractivity contribution in [3.05, 3.63) is 59.3 Å². The highest BCUT2D eigenvalue weighted by Crippen LogP contribution is 2.29. The lowest BCUT2D eigenvalue weighted by Gasteiger charge is -2.39. The minimum atomic E-state index is 0. The first kappa shape index (κ1) is 23.6. The number of aliphatic imine (C=N–C) groups is 1. The maximum atomic E-state index is 5.25. The number of rotatable bonds is 5. The molecule has 166 valence electrons. The highest BCUT2D eigenvalue weighted by Gasteiger charge is 2.28. The summed E-state index contributed by atoms with van der Waals surface area (Å²) in [7, 11) is 3.56. The number of likely N-dealkylation sites (tertiary alicyclic amines) is 1. The van der Waals surface area contributed by atoms with Gasteiger partial charge < -0.3 is 19.5 Å². The summed E-state index contributed by atoms with van der Waals surface area (Å²) in [6.07, 6.45) is 6.99. The van der Waals surface area contributed by atoms with Crippen molar-refractivity contribution in [1.82, 2.24) is 19.8 Å². The Morgan fingerprint density at radius 3 is 2.77 bits per heavy atom. The Hall–Kier alpha value is -2.07. The van der Waals surface area contributed by atoms with Crippen LogP contribution in [0.1, 0.15) is 24.3 Å². The number of halogens is 1. The lowest BCUT2D eigenvalue weighted by atomic mass is 9.93. The van der Waals surface area contributed by atoms with E-state index in [9.17, 15) is 0 Å². The highest BCUT2D eigenvalue weighted by atomic mass is 127. The molecule has 1 saturated heterocycles. The summed E-state index contributed by atoms with van der Waals surface area (Å²) < 4.78 is 7.48. The highest BCUT2D eigenvalue weighted by molar-refractivity contribution is 14.0. The molecule has 1 aliphatic heterocycles. The van der Waals surface area contributed by atoms with Crippen LogP contribution in [0, 0.1) is 5.92 Å². The largest absolute Gasteiger partial charge is 0.497 e. The first-order chi connectivity index (χ1) is 14.7. The molecule has 0 bridgehead atoms. The van der Waals surface area contributed by atoms with Crippen molar-refractivity contribution in [2.24, 2.45) is 10.9 Å². The van der Waals surface area contributed by atoms with Crippen molar-refractivity contribution in [1.29, 1.82) is 0 Å². The van der Waals surface area contributed by atoms with E-state index < -0.39 is 0 Å². The maximum absolute atomic E-state index is 5.25. The SMILES string of the molecule is CN=C(NCc1cc(-c2ccc(OC)cc2)cs1)N1CCC(C)C(n2ccnc2)C1.I. The van der Waals surface area contributed by atoms with Crippen LogP contribution >= 0.6 is 35.3 Å². The number of ether oxygens (including phenoxy) is 1. The van der Waals surface area contributed by atoms with Gasteiger partial charge in [0.15, 0.2) is 5.96 Å². The van der Waals surface area contributed by atoms with E-state index in [1.54, 1.807) is 18.4 Å². The third kappa shape index (κ3) is 5.60. The van der Waals surface area contributed by atoms with E-state index in [0.717, 1.165) is 37.8 Å². The van der Waals surface area contributed by atoms with Gasteiger partial charge in [-0.3, -0.25) is 4.99 Å². The fraction of sp³-hybridized carbons (Fsp3) is 0.391. The van der Waals surface area contributed by atoms with Gasteiger partial charge in [-0.15, -0.1) is 35.3 Å². The molecule has 1 N–H and O–H groups in total. The Bertz CT molecular complexity index is 970. The Morgan fingerprint density at radius 1 is 1.29 bits per heavy atom. The lowest BCUT2D eigenvalue weighted by molar-refractivity contribution is 0.189. The van der Waals surface area contributed by atoms with E-state index >= 15 is 0 Å². The monoisotopic (exact) mass is 551 g/mol. The molecule has 1 aromatic carbocycles. The molecule has 3 aromatic rings. The van der Waals surface area contributed by atoms with Crippen LogP contribution < -0.4 is 10.1 Å². The van der Waals surface area contributed by atoms with Gasteiger partial charge in [0.1, 0.15) is 5.75 Å². The molecule has 6 nitrogen and oxygen atoms in total. The number of thiophene rings is 1. The van der Waals surface area contributed by atoms with E-state index in [2.05, 4.69) is 61.5 Å². The fourth-order valence-electron chi connectivity index (χ4n) is 4.00. The van der Waals surface area contributed by atoms with Gasteiger partial charge in [0.25, 0.3) is 0 Å². The molecule has 0 spiro atoms. The zero-order valence-corrected chi connectivity index (χ0v) is 21.3. The van der Waals surface area contributed by atoms with E-state index in [0.29, 0.717) is 12.0 Å². The number of piperidine rings is 1. The molecule has 2 aromatic heterocycles. The Morgan fingerprint density at radius 2 is 2.10 bits per heavy atom. The lowest BCUT2D eigenvalue weighted by Crippen LogP contribution is -2.48. The smallest absolute Gasteiger partial charge is 0.194 e. The second-order valence-electron chi connectivity index (χ2n) is 7.72. The molecule has 3 heterocycles. The van der Waals surface area contributed by atoms with Gasteiger partial charge in [-0.1, -0.05) is 19.1 Å². The number of hydrogen-bond donors (Lipinski definition) is 1. The topological polar surface area (TPSA) is 54.7 Å². The van der Waals surface area contributed by atoms with Gasteiger partial charge in [0.2, 0.25) is 0 Å². The van der Waals surface area contributed by atoms with Crippen LogP contribution in [-0.2, 0) is 6.54 Å². The number of imidazole rings is 1. The molecule has 0 radical (unpaired) electrons. The van der Waals surface area contributed by atoms with Crippen molar-refractivity contribution in [2.45, 2.75) is 25.9 Å². The first-order valence-corrected chi connectivity index (χ1v) is 11.2. The maximum Gasteiger partial charge on any atom is 0.194 e. The molecular formula is C23H30IN5OS. The molecule has 31 heavy (non-hydrogen) atoms. The predicted molar refractivity (Wildman–Crippen MR) is 139 cm³/mol. The second kappa shape index (κ2) is 11.0. The third-order valence-corrected chi connectivity index (χ3v) is 6.77. The molecule has 2 unspecified atom stereocenters. The van der Waals surface area contributed by atoms with Crippen LogP contribution in [-0.4, -0.2) is 47.7 Å². The van der Waals surface area contributed by atoms with Crippen LogP contribution in [0.5, 0.6) is 5.75 Å². The van der Waals surface area contributed by atoms with E-state index in [4.69, 9.17) is 4.74 Å². The summed E-state index contributed by atoms with van der Waals surface area (Å²) in [6, 6.07) is 10.9. The number of hydrogen-bond acceptors (Lipinski definition) is 4. The molecule has 0 amide bonds. The molecule has 1 aliphatic rings. The van der Waals surface area contributed by atoms with Crippen molar-refractivity contribution in [3.63, 3.8) is 0 Å². The van der Waals surface area contributed by atoms with Gasteiger partial charge in [-0.25, -0.2) is 4.98 Å². The second-order valence-corrected chi connectivity index (χ2v) is 8.72. The average Bonchev–Trinajstić information content (AvgIpc) is 3.48. The molecule has 8 heteroatoms. The van der Waals surface area contributed by atoms with Crippen LogP contribution in [0.25, 0.3) is 11.1 Å². The molecule has 0 saturated carbocycles. The summed E-state index contributed by atoms with van der Waals surface area (Å²) in [5, 5.41) is 5.77. The zero-order valence-electron chi connectivity index (χ0n) is 18.2. The summed E-state index contributed by atoms with van der Waals surface area (Å²) in [4.78, 5) is 12.4. The Balaban J connectivity index is 0.00000272. The predicted octanol–water partition coefficient (Wildman–Crippen LogP) is 4.90. The van der Waals surface area contributed by atoms with Gasteiger partial charge in [0.05, 0.1) is 26.0 Å². The van der Waals surface area contributed by atoms with Crippen LogP contribution in [0.3, 0.4) is 0 Å². The summed E-state index contributed by atoms with van der Waals surface area (Å²) >= 11 is 1.77. The Labute approximate surface area is 205 Å².